The summed E-state index contributed by atoms with van der Waals surface area (Å²) in [7, 11) is -3.12. The smallest absolute Gasteiger partial charge is 0.318 e. The predicted octanol–water partition coefficient (Wildman–Crippen LogP) is 0.651. The van der Waals surface area contributed by atoms with Crippen molar-refractivity contribution in [2.24, 2.45) is 0 Å². The summed E-state index contributed by atoms with van der Waals surface area (Å²) in [6, 6.07) is 0. The molecule has 126 valence electrons. The second kappa shape index (κ2) is 7.08. The van der Waals surface area contributed by atoms with E-state index < -0.39 is 33.4 Å². The first-order chi connectivity index (χ1) is 10.6. The van der Waals surface area contributed by atoms with Crippen molar-refractivity contribution >= 4 is 25.2 Å². The maximum absolute atomic E-state index is 14.0. The van der Waals surface area contributed by atoms with E-state index in [1.54, 1.807) is 0 Å². The van der Waals surface area contributed by atoms with E-state index in [4.69, 9.17) is 20.1 Å². The number of hydrogen-bond acceptors (Lipinski definition) is 9. The summed E-state index contributed by atoms with van der Waals surface area (Å²) in [5, 5.41) is 0. The Morgan fingerprint density at radius 1 is 1.48 bits per heavy atom. The predicted molar refractivity (Wildman–Crippen MR) is 76.1 cm³/mol. The Hall–Kier alpha value is -1.95. The third kappa shape index (κ3) is 3.52. The highest BCUT2D eigenvalue weighted by Crippen LogP contribution is 2.33. The standard InChI is InChI=1S/C10H11FN5O5P.H3N/c11-5-1-6(19-4-20-22(17)18)21-10(5)16-3-15-7-8(12)13-2-14-9(7)16;/h1-3,6,10,22H,4H2,(H,17,18)(H2,12,13,14);1H3/t6-,10+;/m0./s1. The zero-order valence-corrected chi connectivity index (χ0v) is 12.6. The van der Waals surface area contributed by atoms with Gasteiger partial charge < -0.3 is 26.3 Å². The van der Waals surface area contributed by atoms with Gasteiger partial charge in [0.15, 0.2) is 36.6 Å². The molecule has 13 heteroatoms. The van der Waals surface area contributed by atoms with Crippen LogP contribution in [-0.4, -0.2) is 37.5 Å². The molecule has 1 unspecified atom stereocenters. The van der Waals surface area contributed by atoms with Gasteiger partial charge >= 0.3 is 8.25 Å². The molecule has 1 aliphatic rings. The number of nitrogen functional groups attached to an aromatic ring is 1. The van der Waals surface area contributed by atoms with Crippen LogP contribution in [0.1, 0.15) is 6.23 Å². The first-order valence-corrected chi connectivity index (χ1v) is 7.25. The maximum atomic E-state index is 14.0. The molecule has 2 aromatic heterocycles. The number of fused-ring (bicyclic) bond motifs is 1. The van der Waals surface area contributed by atoms with Crippen LogP contribution in [0.3, 0.4) is 0 Å². The SMILES string of the molecule is N.Nc1ncnc2c1ncn2[C@@H]1O[C@H](OCO[PH](=O)O)C=C1F. The summed E-state index contributed by atoms with van der Waals surface area (Å²) in [5.74, 6) is -0.460. The molecule has 3 rings (SSSR count). The molecule has 23 heavy (non-hydrogen) atoms. The molecule has 0 saturated heterocycles. The average Bonchev–Trinajstić information content (AvgIpc) is 3.03. The van der Waals surface area contributed by atoms with Gasteiger partial charge in [-0.25, -0.2) is 19.3 Å². The van der Waals surface area contributed by atoms with E-state index in [0.29, 0.717) is 11.2 Å². The van der Waals surface area contributed by atoms with Crippen molar-refractivity contribution in [2.75, 3.05) is 12.5 Å². The normalized spacial score (nSPS) is 21.9. The summed E-state index contributed by atoms with van der Waals surface area (Å²) in [5.41, 5.74) is 6.28. The van der Waals surface area contributed by atoms with Gasteiger partial charge in [0, 0.05) is 6.08 Å². The number of imidazole rings is 1. The van der Waals surface area contributed by atoms with Crippen LogP contribution in [0.2, 0.25) is 0 Å². The van der Waals surface area contributed by atoms with Gasteiger partial charge in [0.05, 0.1) is 6.33 Å². The van der Waals surface area contributed by atoms with Crippen molar-refractivity contribution in [3.63, 3.8) is 0 Å². The zero-order chi connectivity index (χ0) is 15.7. The molecule has 0 aromatic carbocycles. The Labute approximate surface area is 129 Å². The Kier molecular flexibility index (Phi) is 5.36. The van der Waals surface area contributed by atoms with E-state index in [1.807, 2.05) is 0 Å². The average molecular weight is 348 g/mol. The quantitative estimate of drug-likeness (QED) is 0.515. The molecule has 2 aromatic rings. The van der Waals surface area contributed by atoms with Crippen LogP contribution in [0.5, 0.6) is 0 Å². The Morgan fingerprint density at radius 2 is 2.26 bits per heavy atom. The van der Waals surface area contributed by atoms with Gasteiger partial charge in [-0.2, -0.15) is 0 Å². The van der Waals surface area contributed by atoms with Gasteiger partial charge in [-0.15, -0.1) is 0 Å². The topological polar surface area (TPSA) is 170 Å². The molecule has 3 heterocycles. The summed E-state index contributed by atoms with van der Waals surface area (Å²) < 4.78 is 40.3. The molecule has 0 radical (unpaired) electrons. The van der Waals surface area contributed by atoms with Crippen molar-refractivity contribution < 1.29 is 27.8 Å². The third-order valence-electron chi connectivity index (χ3n) is 2.85. The van der Waals surface area contributed by atoms with Crippen LogP contribution in [0.4, 0.5) is 10.2 Å². The minimum absolute atomic E-state index is 0. The van der Waals surface area contributed by atoms with Crippen molar-refractivity contribution in [1.29, 1.82) is 0 Å². The molecule has 1 aliphatic heterocycles. The van der Waals surface area contributed by atoms with Gasteiger partial charge in [-0.05, 0) is 0 Å². The maximum Gasteiger partial charge on any atom is 0.318 e. The number of rotatable bonds is 5. The lowest BCUT2D eigenvalue weighted by molar-refractivity contribution is -0.168. The number of halogens is 1. The molecule has 0 bridgehead atoms. The van der Waals surface area contributed by atoms with Crippen LogP contribution >= 0.6 is 8.25 Å². The molecule has 3 atom stereocenters. The number of ether oxygens (including phenoxy) is 2. The molecular weight excluding hydrogens is 334 g/mol. The third-order valence-corrected chi connectivity index (χ3v) is 3.21. The fourth-order valence-corrected chi connectivity index (χ4v) is 2.09. The van der Waals surface area contributed by atoms with Gasteiger partial charge in [-0.1, -0.05) is 0 Å². The van der Waals surface area contributed by atoms with E-state index in [2.05, 4.69) is 19.5 Å². The number of aromatic nitrogens is 4. The van der Waals surface area contributed by atoms with E-state index in [0.717, 1.165) is 6.08 Å². The lowest BCUT2D eigenvalue weighted by Gasteiger charge is -2.15. The molecular formula is C10H14FN6O5P. The van der Waals surface area contributed by atoms with Gasteiger partial charge in [0.1, 0.15) is 11.8 Å². The van der Waals surface area contributed by atoms with Gasteiger partial charge in [0.25, 0.3) is 0 Å². The van der Waals surface area contributed by atoms with Crippen LogP contribution in [0.15, 0.2) is 24.6 Å². The second-order valence-electron chi connectivity index (χ2n) is 4.19. The molecule has 0 saturated carbocycles. The first kappa shape index (κ1) is 17.4. The van der Waals surface area contributed by atoms with E-state index in [1.165, 1.54) is 17.2 Å². The molecule has 0 fully saturated rings. The van der Waals surface area contributed by atoms with Crippen molar-refractivity contribution in [3.8, 4) is 0 Å². The van der Waals surface area contributed by atoms with Crippen molar-refractivity contribution in [2.45, 2.75) is 12.5 Å². The Balaban J connectivity index is 0.00000192. The van der Waals surface area contributed by atoms with E-state index >= 15 is 0 Å². The van der Waals surface area contributed by atoms with Crippen molar-refractivity contribution in [1.82, 2.24) is 25.7 Å². The number of anilines is 1. The summed E-state index contributed by atoms with van der Waals surface area (Å²) in [6.45, 7) is -0.505. The number of hydrogen-bond donors (Lipinski definition) is 3. The summed E-state index contributed by atoms with van der Waals surface area (Å²) in [6.07, 6.45) is 1.42. The lowest BCUT2D eigenvalue weighted by atomic mass is 10.4. The monoisotopic (exact) mass is 348 g/mol. The second-order valence-corrected chi connectivity index (χ2v) is 5.01. The van der Waals surface area contributed by atoms with Crippen LogP contribution in [0.25, 0.3) is 11.2 Å². The summed E-state index contributed by atoms with van der Waals surface area (Å²) in [4.78, 5) is 20.3. The minimum atomic E-state index is -3.12. The lowest BCUT2D eigenvalue weighted by Crippen LogP contribution is -2.16. The number of nitrogens with two attached hydrogens (primary N) is 1. The molecule has 0 spiro atoms. The Bertz CT molecular complexity index is 754. The minimum Gasteiger partial charge on any atom is -0.382 e. The highest BCUT2D eigenvalue weighted by molar-refractivity contribution is 7.32. The zero-order valence-electron chi connectivity index (χ0n) is 11.6. The van der Waals surface area contributed by atoms with Crippen molar-refractivity contribution in [3.05, 3.63) is 24.6 Å². The van der Waals surface area contributed by atoms with Gasteiger partial charge in [0.2, 0.25) is 0 Å². The first-order valence-electron chi connectivity index (χ1n) is 5.99. The van der Waals surface area contributed by atoms with Crippen LogP contribution in [0, 0.1) is 0 Å². The molecule has 0 amide bonds. The highest BCUT2D eigenvalue weighted by Gasteiger charge is 2.31. The van der Waals surface area contributed by atoms with E-state index in [9.17, 15) is 8.96 Å². The number of nitrogens with zero attached hydrogens (tertiary/aromatic N) is 4. The molecule has 0 aliphatic carbocycles. The summed E-state index contributed by atoms with van der Waals surface area (Å²) >= 11 is 0. The van der Waals surface area contributed by atoms with Crippen LogP contribution in [-0.2, 0) is 18.6 Å². The fraction of sp³-hybridized carbons (Fsp3) is 0.300. The fourth-order valence-electron chi connectivity index (χ4n) is 1.92. The molecule has 11 nitrogen and oxygen atoms in total. The van der Waals surface area contributed by atoms with Gasteiger partial charge in [-0.3, -0.25) is 13.7 Å². The Morgan fingerprint density at radius 3 is 3.00 bits per heavy atom. The molecule has 6 N–H and O–H groups in total. The van der Waals surface area contributed by atoms with Crippen LogP contribution < -0.4 is 11.9 Å². The highest BCUT2D eigenvalue weighted by atomic mass is 31.1. The largest absolute Gasteiger partial charge is 0.382 e. The van der Waals surface area contributed by atoms with E-state index in [-0.39, 0.29) is 12.0 Å².